The number of unbranched alkanes of at least 4 members (excludes halogenated alkanes) is 1. The average molecular weight is 197 g/mol. The summed E-state index contributed by atoms with van der Waals surface area (Å²) in [5, 5.41) is 0. The predicted octanol–water partition coefficient (Wildman–Crippen LogP) is 3.81. The van der Waals surface area contributed by atoms with Gasteiger partial charge in [-0.05, 0) is 30.4 Å². The topological polar surface area (TPSA) is 0 Å². The summed E-state index contributed by atoms with van der Waals surface area (Å²) in [6, 6.07) is 8.62. The van der Waals surface area contributed by atoms with Crippen LogP contribution in [0.5, 0.6) is 0 Å². The third kappa shape index (κ3) is 3.40. The molecule has 0 aliphatic rings. The maximum absolute atomic E-state index is 5.74. The lowest BCUT2D eigenvalue weighted by Crippen LogP contribution is -1.94. The van der Waals surface area contributed by atoms with Gasteiger partial charge in [-0.2, -0.15) is 0 Å². The number of hydrogen-bond acceptors (Lipinski definition) is 0. The van der Waals surface area contributed by atoms with Gasteiger partial charge in [0.15, 0.2) is 0 Å². The van der Waals surface area contributed by atoms with Crippen LogP contribution in [0.15, 0.2) is 24.3 Å². The Bertz CT molecular complexity index is 243. The molecule has 1 aromatic rings. The zero-order valence-electron chi connectivity index (χ0n) is 8.22. The standard InChI is InChI=1S/C12H17Cl/c1-2-3-6-11-7-4-5-8-12(11)9-10-13/h4-5,7-8H,2-3,6,9-10H2,1H3. The third-order valence-corrected chi connectivity index (χ3v) is 2.47. The van der Waals surface area contributed by atoms with Gasteiger partial charge in [-0.25, -0.2) is 0 Å². The molecule has 0 aliphatic carbocycles. The number of hydrogen-bond donors (Lipinski definition) is 0. The van der Waals surface area contributed by atoms with E-state index in [0.29, 0.717) is 0 Å². The number of rotatable bonds is 5. The molecule has 0 bridgehead atoms. The van der Waals surface area contributed by atoms with E-state index in [1.54, 1.807) is 0 Å². The molecule has 0 saturated heterocycles. The van der Waals surface area contributed by atoms with Crippen molar-refractivity contribution < 1.29 is 0 Å². The Morgan fingerprint density at radius 2 is 1.69 bits per heavy atom. The van der Waals surface area contributed by atoms with Crippen LogP contribution in [0.25, 0.3) is 0 Å². The average Bonchev–Trinajstić information content (AvgIpc) is 2.17. The van der Waals surface area contributed by atoms with Gasteiger partial charge in [0.05, 0.1) is 0 Å². The molecule has 0 unspecified atom stereocenters. The molecule has 0 radical (unpaired) electrons. The van der Waals surface area contributed by atoms with Crippen molar-refractivity contribution in [2.45, 2.75) is 32.6 Å². The lowest BCUT2D eigenvalue weighted by Gasteiger charge is -2.06. The molecule has 0 heterocycles. The molecule has 13 heavy (non-hydrogen) atoms. The van der Waals surface area contributed by atoms with Gasteiger partial charge < -0.3 is 0 Å². The molecule has 0 saturated carbocycles. The van der Waals surface area contributed by atoms with E-state index in [9.17, 15) is 0 Å². The Morgan fingerprint density at radius 3 is 2.23 bits per heavy atom. The Hall–Kier alpha value is -0.490. The van der Waals surface area contributed by atoms with Crippen molar-refractivity contribution in [3.05, 3.63) is 35.4 Å². The number of aryl methyl sites for hydroxylation is 2. The lowest BCUT2D eigenvalue weighted by molar-refractivity contribution is 0.787. The van der Waals surface area contributed by atoms with Crippen molar-refractivity contribution in [2.75, 3.05) is 5.88 Å². The van der Waals surface area contributed by atoms with Crippen LogP contribution >= 0.6 is 11.6 Å². The van der Waals surface area contributed by atoms with Gasteiger partial charge in [-0.3, -0.25) is 0 Å². The van der Waals surface area contributed by atoms with Gasteiger partial charge in [0.1, 0.15) is 0 Å². The minimum atomic E-state index is 0.725. The molecule has 0 aromatic heterocycles. The fourth-order valence-electron chi connectivity index (χ4n) is 1.51. The van der Waals surface area contributed by atoms with Gasteiger partial charge in [0, 0.05) is 5.88 Å². The van der Waals surface area contributed by atoms with E-state index in [-0.39, 0.29) is 0 Å². The van der Waals surface area contributed by atoms with Gasteiger partial charge in [0.2, 0.25) is 0 Å². The molecule has 0 fully saturated rings. The Balaban J connectivity index is 2.66. The smallest absolute Gasteiger partial charge is 0.0264 e. The highest BCUT2D eigenvalue weighted by molar-refractivity contribution is 6.18. The third-order valence-electron chi connectivity index (χ3n) is 2.28. The maximum Gasteiger partial charge on any atom is 0.0264 e. The molecule has 1 aromatic carbocycles. The van der Waals surface area contributed by atoms with Crippen LogP contribution in [0, 0.1) is 0 Å². The molecule has 0 spiro atoms. The first-order valence-corrected chi connectivity index (χ1v) is 5.54. The molecule has 0 atom stereocenters. The van der Waals surface area contributed by atoms with Crippen molar-refractivity contribution >= 4 is 11.6 Å². The van der Waals surface area contributed by atoms with Crippen molar-refractivity contribution in [1.82, 2.24) is 0 Å². The molecule has 1 rings (SSSR count). The van der Waals surface area contributed by atoms with Crippen LogP contribution in [0.1, 0.15) is 30.9 Å². The molecule has 1 heteroatoms. The quantitative estimate of drug-likeness (QED) is 0.629. The second-order valence-corrected chi connectivity index (χ2v) is 3.69. The monoisotopic (exact) mass is 196 g/mol. The van der Waals surface area contributed by atoms with E-state index in [2.05, 4.69) is 31.2 Å². The largest absolute Gasteiger partial charge is 0.126 e. The summed E-state index contributed by atoms with van der Waals surface area (Å²) in [5.74, 6) is 0.725. The summed E-state index contributed by atoms with van der Waals surface area (Å²) in [6.45, 7) is 2.23. The normalized spacial score (nSPS) is 10.3. The molecule has 0 nitrogen and oxygen atoms in total. The zero-order chi connectivity index (χ0) is 9.52. The van der Waals surface area contributed by atoms with Crippen molar-refractivity contribution in [1.29, 1.82) is 0 Å². The predicted molar refractivity (Wildman–Crippen MR) is 59.5 cm³/mol. The van der Waals surface area contributed by atoms with E-state index in [4.69, 9.17) is 11.6 Å². The maximum atomic E-state index is 5.74. The van der Waals surface area contributed by atoms with E-state index < -0.39 is 0 Å². The van der Waals surface area contributed by atoms with E-state index >= 15 is 0 Å². The second kappa shape index (κ2) is 6.04. The van der Waals surface area contributed by atoms with Crippen LogP contribution in [0.4, 0.5) is 0 Å². The van der Waals surface area contributed by atoms with Crippen molar-refractivity contribution in [3.63, 3.8) is 0 Å². The molecular formula is C12H17Cl. The molecule has 72 valence electrons. The first-order chi connectivity index (χ1) is 6.38. The van der Waals surface area contributed by atoms with Crippen molar-refractivity contribution in [3.8, 4) is 0 Å². The highest BCUT2D eigenvalue weighted by Crippen LogP contribution is 2.13. The molecule has 0 N–H and O–H groups in total. The molecular weight excluding hydrogens is 180 g/mol. The summed E-state index contributed by atoms with van der Waals surface area (Å²) < 4.78 is 0. The van der Waals surface area contributed by atoms with Crippen LogP contribution in [0.2, 0.25) is 0 Å². The lowest BCUT2D eigenvalue weighted by atomic mass is 10.0. The van der Waals surface area contributed by atoms with Gasteiger partial charge >= 0.3 is 0 Å². The fourth-order valence-corrected chi connectivity index (χ4v) is 1.72. The Morgan fingerprint density at radius 1 is 1.08 bits per heavy atom. The molecule has 0 aliphatic heterocycles. The highest BCUT2D eigenvalue weighted by Gasteiger charge is 1.99. The van der Waals surface area contributed by atoms with Crippen molar-refractivity contribution in [2.24, 2.45) is 0 Å². The molecule has 0 amide bonds. The van der Waals surface area contributed by atoms with E-state index in [1.807, 2.05) is 0 Å². The Kier molecular flexibility index (Phi) is 4.92. The van der Waals surface area contributed by atoms with E-state index in [1.165, 1.54) is 30.4 Å². The van der Waals surface area contributed by atoms with Gasteiger partial charge in [-0.15, -0.1) is 11.6 Å². The van der Waals surface area contributed by atoms with Crippen LogP contribution in [-0.2, 0) is 12.8 Å². The van der Waals surface area contributed by atoms with Crippen LogP contribution in [-0.4, -0.2) is 5.88 Å². The minimum absolute atomic E-state index is 0.725. The highest BCUT2D eigenvalue weighted by atomic mass is 35.5. The van der Waals surface area contributed by atoms with Gasteiger partial charge in [-0.1, -0.05) is 37.6 Å². The first-order valence-electron chi connectivity index (χ1n) is 5.01. The second-order valence-electron chi connectivity index (χ2n) is 3.31. The SMILES string of the molecule is CCCCc1ccccc1CCCl. The summed E-state index contributed by atoms with van der Waals surface area (Å²) in [5.41, 5.74) is 2.90. The first kappa shape index (κ1) is 10.6. The summed E-state index contributed by atoms with van der Waals surface area (Å²) in [4.78, 5) is 0. The minimum Gasteiger partial charge on any atom is -0.126 e. The number of halogens is 1. The fraction of sp³-hybridized carbons (Fsp3) is 0.500. The Labute approximate surface area is 85.9 Å². The summed E-state index contributed by atoms with van der Waals surface area (Å²) in [7, 11) is 0. The van der Waals surface area contributed by atoms with Gasteiger partial charge in [0.25, 0.3) is 0 Å². The number of benzene rings is 1. The van der Waals surface area contributed by atoms with Crippen LogP contribution in [0.3, 0.4) is 0 Å². The van der Waals surface area contributed by atoms with Crippen LogP contribution < -0.4 is 0 Å². The number of alkyl halides is 1. The summed E-state index contributed by atoms with van der Waals surface area (Å²) >= 11 is 5.74. The summed E-state index contributed by atoms with van der Waals surface area (Å²) in [6.07, 6.45) is 4.74. The zero-order valence-corrected chi connectivity index (χ0v) is 8.98. The van der Waals surface area contributed by atoms with E-state index in [0.717, 1.165) is 12.3 Å².